The molecule has 4 heteroatoms. The van der Waals surface area contributed by atoms with Crippen molar-refractivity contribution in [2.24, 2.45) is 5.73 Å². The molecule has 4 nitrogen and oxygen atoms in total. The second-order valence-electron chi connectivity index (χ2n) is 1.47. The Hall–Kier alpha value is -0.610. The van der Waals surface area contributed by atoms with Gasteiger partial charge in [0.15, 0.2) is 0 Å². The standard InChI is InChI=1S/C4H10N2O2/c1-4(2-5)6-8-3-7/h3-4,6H,2,5H2,1H3. The average molecular weight is 118 g/mol. The molecule has 0 aromatic heterocycles. The van der Waals surface area contributed by atoms with Gasteiger partial charge >= 0.3 is 6.47 Å². The monoisotopic (exact) mass is 118 g/mol. The Morgan fingerprint density at radius 1 is 2.00 bits per heavy atom. The molecule has 0 amide bonds. The quantitative estimate of drug-likeness (QED) is 0.367. The van der Waals surface area contributed by atoms with Gasteiger partial charge < -0.3 is 10.6 Å². The third-order valence-electron chi connectivity index (χ3n) is 0.671. The summed E-state index contributed by atoms with van der Waals surface area (Å²) in [6, 6.07) is 0.0280. The molecule has 0 spiro atoms. The molecule has 0 saturated heterocycles. The van der Waals surface area contributed by atoms with Gasteiger partial charge in [0.05, 0.1) is 6.04 Å². The zero-order chi connectivity index (χ0) is 6.41. The Bertz CT molecular complexity index is 67.1. The van der Waals surface area contributed by atoms with Gasteiger partial charge in [-0.05, 0) is 6.92 Å². The minimum absolute atomic E-state index is 0.0280. The Labute approximate surface area is 48.0 Å². The van der Waals surface area contributed by atoms with Crippen molar-refractivity contribution in [3.8, 4) is 0 Å². The van der Waals surface area contributed by atoms with Crippen molar-refractivity contribution >= 4 is 6.47 Å². The summed E-state index contributed by atoms with van der Waals surface area (Å²) in [5.74, 6) is 0. The predicted molar refractivity (Wildman–Crippen MR) is 28.8 cm³/mol. The highest BCUT2D eigenvalue weighted by molar-refractivity contribution is 5.36. The van der Waals surface area contributed by atoms with Crippen LogP contribution in [0.5, 0.6) is 0 Å². The molecule has 0 rings (SSSR count). The minimum Gasteiger partial charge on any atom is -0.373 e. The van der Waals surface area contributed by atoms with Crippen LogP contribution in [0.2, 0.25) is 0 Å². The molecule has 0 heterocycles. The highest BCUT2D eigenvalue weighted by Gasteiger charge is 1.93. The molecule has 0 aliphatic heterocycles. The maximum atomic E-state index is 9.50. The van der Waals surface area contributed by atoms with E-state index in [4.69, 9.17) is 5.73 Å². The molecule has 0 bridgehead atoms. The van der Waals surface area contributed by atoms with Crippen molar-refractivity contribution in [2.45, 2.75) is 13.0 Å². The lowest BCUT2D eigenvalue weighted by atomic mass is 10.4. The number of carbonyl (C=O) groups is 1. The van der Waals surface area contributed by atoms with Crippen molar-refractivity contribution in [1.82, 2.24) is 5.48 Å². The number of hydroxylamine groups is 1. The van der Waals surface area contributed by atoms with Gasteiger partial charge in [0.25, 0.3) is 0 Å². The Balaban J connectivity index is 2.97. The van der Waals surface area contributed by atoms with Gasteiger partial charge in [0.1, 0.15) is 0 Å². The molecule has 0 fully saturated rings. The van der Waals surface area contributed by atoms with Crippen LogP contribution in [0.3, 0.4) is 0 Å². The number of hydrogen-bond acceptors (Lipinski definition) is 4. The van der Waals surface area contributed by atoms with Crippen LogP contribution in [0.1, 0.15) is 6.92 Å². The molecule has 0 aliphatic carbocycles. The molecular formula is C4H10N2O2. The fourth-order valence-electron chi connectivity index (χ4n) is 0.192. The zero-order valence-electron chi connectivity index (χ0n) is 4.76. The first-order chi connectivity index (χ1) is 3.81. The minimum atomic E-state index is 0.0280. The van der Waals surface area contributed by atoms with E-state index in [1.807, 2.05) is 6.92 Å². The molecule has 0 aromatic carbocycles. The SMILES string of the molecule is CC(CN)NOC=O. The van der Waals surface area contributed by atoms with Crippen LogP contribution in [0.4, 0.5) is 0 Å². The lowest BCUT2D eigenvalue weighted by Crippen LogP contribution is -2.32. The molecule has 3 N–H and O–H groups in total. The fraction of sp³-hybridized carbons (Fsp3) is 0.750. The smallest absolute Gasteiger partial charge is 0.312 e. The van der Waals surface area contributed by atoms with E-state index in [1.54, 1.807) is 0 Å². The van der Waals surface area contributed by atoms with Gasteiger partial charge in [0, 0.05) is 6.54 Å². The molecule has 1 unspecified atom stereocenters. The van der Waals surface area contributed by atoms with Crippen LogP contribution < -0.4 is 11.2 Å². The summed E-state index contributed by atoms with van der Waals surface area (Å²) in [7, 11) is 0. The number of carbonyl (C=O) groups excluding carboxylic acids is 1. The summed E-state index contributed by atoms with van der Waals surface area (Å²) in [4.78, 5) is 13.7. The van der Waals surface area contributed by atoms with E-state index >= 15 is 0 Å². The third kappa shape index (κ3) is 3.58. The van der Waals surface area contributed by atoms with Gasteiger partial charge in [-0.15, -0.1) is 5.48 Å². The fourth-order valence-corrected chi connectivity index (χ4v) is 0.192. The maximum absolute atomic E-state index is 9.50. The molecule has 0 radical (unpaired) electrons. The Morgan fingerprint density at radius 3 is 3.00 bits per heavy atom. The Kier molecular flexibility index (Phi) is 4.20. The van der Waals surface area contributed by atoms with E-state index in [9.17, 15) is 4.79 Å². The van der Waals surface area contributed by atoms with Crippen LogP contribution >= 0.6 is 0 Å². The lowest BCUT2D eigenvalue weighted by molar-refractivity contribution is -0.136. The van der Waals surface area contributed by atoms with Crippen molar-refractivity contribution in [1.29, 1.82) is 0 Å². The van der Waals surface area contributed by atoms with Gasteiger partial charge in [-0.3, -0.25) is 4.79 Å². The van der Waals surface area contributed by atoms with Gasteiger partial charge in [0.2, 0.25) is 0 Å². The van der Waals surface area contributed by atoms with Gasteiger partial charge in [-0.1, -0.05) is 0 Å². The summed E-state index contributed by atoms with van der Waals surface area (Å²) in [6.07, 6.45) is 0. The van der Waals surface area contributed by atoms with Crippen molar-refractivity contribution in [3.05, 3.63) is 0 Å². The topological polar surface area (TPSA) is 64.3 Å². The number of hydrogen-bond donors (Lipinski definition) is 2. The summed E-state index contributed by atoms with van der Waals surface area (Å²) in [5, 5.41) is 0. The zero-order valence-corrected chi connectivity index (χ0v) is 4.76. The normalized spacial score (nSPS) is 12.8. The Morgan fingerprint density at radius 2 is 2.62 bits per heavy atom. The number of nitrogens with two attached hydrogens (primary N) is 1. The summed E-state index contributed by atoms with van der Waals surface area (Å²) in [5.41, 5.74) is 7.54. The van der Waals surface area contributed by atoms with E-state index in [1.165, 1.54) is 0 Å². The molecule has 0 aromatic rings. The highest BCUT2D eigenvalue weighted by Crippen LogP contribution is 1.71. The number of nitrogens with one attached hydrogen (secondary N) is 1. The third-order valence-corrected chi connectivity index (χ3v) is 0.671. The molecule has 1 atom stereocenters. The van der Waals surface area contributed by atoms with E-state index < -0.39 is 0 Å². The first kappa shape index (κ1) is 7.39. The van der Waals surface area contributed by atoms with E-state index in [0.717, 1.165) is 0 Å². The molecule has 8 heavy (non-hydrogen) atoms. The van der Waals surface area contributed by atoms with Crippen LogP contribution in [0, 0.1) is 0 Å². The van der Waals surface area contributed by atoms with Crippen molar-refractivity contribution in [3.63, 3.8) is 0 Å². The highest BCUT2D eigenvalue weighted by atomic mass is 16.7. The van der Waals surface area contributed by atoms with Crippen LogP contribution in [-0.4, -0.2) is 19.1 Å². The molecule has 0 aliphatic rings. The van der Waals surface area contributed by atoms with Crippen LogP contribution in [0.15, 0.2) is 0 Å². The average Bonchev–Trinajstić information content (AvgIpc) is 1.83. The second-order valence-corrected chi connectivity index (χ2v) is 1.47. The van der Waals surface area contributed by atoms with Crippen molar-refractivity contribution < 1.29 is 9.63 Å². The first-order valence-electron chi connectivity index (χ1n) is 2.36. The maximum Gasteiger partial charge on any atom is 0.312 e. The summed E-state index contributed by atoms with van der Waals surface area (Å²) >= 11 is 0. The molecule has 0 saturated carbocycles. The van der Waals surface area contributed by atoms with Crippen molar-refractivity contribution in [2.75, 3.05) is 6.54 Å². The summed E-state index contributed by atoms with van der Waals surface area (Å²) < 4.78 is 0. The van der Waals surface area contributed by atoms with E-state index in [-0.39, 0.29) is 6.04 Å². The van der Waals surface area contributed by atoms with E-state index in [2.05, 4.69) is 10.3 Å². The molecular weight excluding hydrogens is 108 g/mol. The largest absolute Gasteiger partial charge is 0.373 e. The number of rotatable bonds is 4. The second kappa shape index (κ2) is 4.55. The molecule has 48 valence electrons. The first-order valence-corrected chi connectivity index (χ1v) is 2.36. The van der Waals surface area contributed by atoms with Crippen LogP contribution in [-0.2, 0) is 9.63 Å². The van der Waals surface area contributed by atoms with Gasteiger partial charge in [-0.25, -0.2) is 0 Å². The summed E-state index contributed by atoms with van der Waals surface area (Å²) in [6.45, 7) is 2.59. The lowest BCUT2D eigenvalue weighted by Gasteiger charge is -2.05. The van der Waals surface area contributed by atoms with E-state index in [0.29, 0.717) is 13.0 Å². The van der Waals surface area contributed by atoms with Crippen LogP contribution in [0.25, 0.3) is 0 Å². The predicted octanol–water partition coefficient (Wildman–Crippen LogP) is -0.989. The van der Waals surface area contributed by atoms with Gasteiger partial charge in [-0.2, -0.15) is 0 Å².